The second-order valence-corrected chi connectivity index (χ2v) is 7.72. The van der Waals surface area contributed by atoms with Crippen molar-refractivity contribution >= 4 is 11.9 Å². The zero-order chi connectivity index (χ0) is 16.8. The molecule has 3 saturated carbocycles. The van der Waals surface area contributed by atoms with Crippen molar-refractivity contribution in [1.82, 2.24) is 0 Å². The summed E-state index contributed by atoms with van der Waals surface area (Å²) in [5, 5.41) is 9.14. The molecule has 5 nitrogen and oxygen atoms in total. The first-order chi connectivity index (χ1) is 10.8. The maximum absolute atomic E-state index is 12.1. The molecule has 3 bridgehead atoms. The van der Waals surface area contributed by atoms with Crippen molar-refractivity contribution in [3.63, 3.8) is 0 Å². The highest BCUT2D eigenvalue weighted by molar-refractivity contribution is 5.87. The molecule has 1 N–H and O–H groups in total. The third-order valence-corrected chi connectivity index (χ3v) is 5.88. The van der Waals surface area contributed by atoms with Gasteiger partial charge in [-0.15, -0.1) is 0 Å². The van der Waals surface area contributed by atoms with E-state index in [4.69, 9.17) is 14.6 Å². The lowest BCUT2D eigenvalue weighted by atomic mass is 9.54. The van der Waals surface area contributed by atoms with Crippen LogP contribution in [0.2, 0.25) is 0 Å². The van der Waals surface area contributed by atoms with E-state index in [1.165, 1.54) is 0 Å². The second kappa shape index (κ2) is 5.93. The summed E-state index contributed by atoms with van der Waals surface area (Å²) < 4.78 is 11.7. The molecule has 3 aliphatic carbocycles. The van der Waals surface area contributed by atoms with Crippen LogP contribution in [-0.4, -0.2) is 34.9 Å². The molecule has 0 heterocycles. The third kappa shape index (κ3) is 3.16. The molecule has 6 atom stereocenters. The summed E-state index contributed by atoms with van der Waals surface area (Å²) in [6.45, 7) is 6.91. The number of fused-ring (bicyclic) bond motifs is 2. The number of hydrogen-bond acceptors (Lipinski definition) is 4. The monoisotopic (exact) mass is 322 g/mol. The summed E-state index contributed by atoms with van der Waals surface area (Å²) in [7, 11) is 0. The molecule has 0 aromatic carbocycles. The van der Waals surface area contributed by atoms with E-state index < -0.39 is 17.7 Å². The molecule has 0 saturated heterocycles. The normalized spacial score (nSPS) is 39.6. The van der Waals surface area contributed by atoms with Gasteiger partial charge in [-0.1, -0.05) is 6.58 Å². The van der Waals surface area contributed by atoms with Crippen molar-refractivity contribution in [2.45, 2.75) is 70.2 Å². The minimum atomic E-state index is -0.942. The maximum Gasteiger partial charge on any atom is 0.333 e. The van der Waals surface area contributed by atoms with Gasteiger partial charge in [-0.3, -0.25) is 0 Å². The predicted octanol–water partition coefficient (Wildman–Crippen LogP) is 2.93. The van der Waals surface area contributed by atoms with Crippen LogP contribution in [0.4, 0.5) is 0 Å². The van der Waals surface area contributed by atoms with Gasteiger partial charge < -0.3 is 14.6 Å². The molecular weight excluding hydrogens is 296 g/mol. The van der Waals surface area contributed by atoms with Crippen molar-refractivity contribution in [2.75, 3.05) is 0 Å². The Morgan fingerprint density at radius 1 is 1.26 bits per heavy atom. The van der Waals surface area contributed by atoms with E-state index in [1.807, 2.05) is 0 Å². The van der Waals surface area contributed by atoms with Crippen molar-refractivity contribution in [1.29, 1.82) is 0 Å². The van der Waals surface area contributed by atoms with Gasteiger partial charge in [-0.25, -0.2) is 9.59 Å². The van der Waals surface area contributed by atoms with Gasteiger partial charge in [0, 0.05) is 12.0 Å². The Morgan fingerprint density at radius 2 is 2.00 bits per heavy atom. The fraction of sp³-hybridized carbons (Fsp3) is 0.778. The molecule has 128 valence electrons. The Balaban J connectivity index is 1.81. The summed E-state index contributed by atoms with van der Waals surface area (Å²) in [6.07, 6.45) is 4.76. The molecule has 6 unspecified atom stereocenters. The van der Waals surface area contributed by atoms with Crippen molar-refractivity contribution in [2.24, 2.45) is 17.8 Å². The number of carboxylic acids is 1. The molecule has 0 spiro atoms. The Labute approximate surface area is 137 Å². The van der Waals surface area contributed by atoms with Crippen LogP contribution >= 0.6 is 0 Å². The van der Waals surface area contributed by atoms with Gasteiger partial charge in [0.1, 0.15) is 5.60 Å². The van der Waals surface area contributed by atoms with Crippen LogP contribution < -0.4 is 0 Å². The Kier molecular flexibility index (Phi) is 4.25. The minimum Gasteiger partial charge on any atom is -0.479 e. The van der Waals surface area contributed by atoms with E-state index in [9.17, 15) is 9.59 Å². The van der Waals surface area contributed by atoms with E-state index in [0.29, 0.717) is 29.7 Å². The zero-order valence-electron chi connectivity index (χ0n) is 13.9. The largest absolute Gasteiger partial charge is 0.479 e. The lowest BCUT2D eigenvalue weighted by Crippen LogP contribution is -2.57. The van der Waals surface area contributed by atoms with Crippen molar-refractivity contribution < 1.29 is 24.2 Å². The van der Waals surface area contributed by atoms with Gasteiger partial charge in [-0.05, 0) is 63.7 Å². The molecule has 23 heavy (non-hydrogen) atoms. The first-order valence-corrected chi connectivity index (χ1v) is 8.57. The zero-order valence-corrected chi connectivity index (χ0v) is 13.9. The van der Waals surface area contributed by atoms with Crippen LogP contribution in [0.15, 0.2) is 12.2 Å². The topological polar surface area (TPSA) is 72.8 Å². The van der Waals surface area contributed by atoms with Crippen molar-refractivity contribution in [3.8, 4) is 0 Å². The first kappa shape index (κ1) is 16.5. The summed E-state index contributed by atoms with van der Waals surface area (Å²) in [5.41, 5.74) is -0.0859. The van der Waals surface area contributed by atoms with Gasteiger partial charge in [0.25, 0.3) is 0 Å². The first-order valence-electron chi connectivity index (χ1n) is 8.57. The summed E-state index contributed by atoms with van der Waals surface area (Å²) in [4.78, 5) is 23.2. The van der Waals surface area contributed by atoms with Crippen LogP contribution in [0, 0.1) is 17.8 Å². The Morgan fingerprint density at radius 3 is 2.65 bits per heavy atom. The van der Waals surface area contributed by atoms with E-state index in [0.717, 1.165) is 32.1 Å². The number of esters is 1. The number of ether oxygens (including phenoxy) is 2. The number of carboxylic acid groups (broad SMARTS) is 1. The van der Waals surface area contributed by atoms with Gasteiger partial charge in [0.15, 0.2) is 6.10 Å². The lowest BCUT2D eigenvalue weighted by Gasteiger charge is -2.56. The quantitative estimate of drug-likeness (QED) is 0.622. The molecule has 3 fully saturated rings. The van der Waals surface area contributed by atoms with Crippen LogP contribution in [0.25, 0.3) is 0 Å². The number of carbonyl (C=O) groups excluding carboxylic acids is 1. The molecule has 3 rings (SSSR count). The maximum atomic E-state index is 12.1. The van der Waals surface area contributed by atoms with Gasteiger partial charge in [0.05, 0.1) is 6.10 Å². The van der Waals surface area contributed by atoms with E-state index in [-0.39, 0.29) is 12.1 Å². The van der Waals surface area contributed by atoms with Crippen LogP contribution in [0.3, 0.4) is 0 Å². The lowest BCUT2D eigenvalue weighted by molar-refractivity contribution is -0.207. The van der Waals surface area contributed by atoms with Gasteiger partial charge >= 0.3 is 11.9 Å². The Hall–Kier alpha value is -1.36. The van der Waals surface area contributed by atoms with E-state index in [2.05, 4.69) is 6.58 Å². The predicted molar refractivity (Wildman–Crippen MR) is 83.8 cm³/mol. The number of hydrogen-bond donors (Lipinski definition) is 1. The van der Waals surface area contributed by atoms with Crippen LogP contribution in [-0.2, 0) is 19.1 Å². The smallest absolute Gasteiger partial charge is 0.333 e. The molecule has 0 aliphatic heterocycles. The highest BCUT2D eigenvalue weighted by Crippen LogP contribution is 2.56. The average Bonchev–Trinajstić information content (AvgIpc) is 2.45. The average molecular weight is 322 g/mol. The molecular formula is C18H26O5. The van der Waals surface area contributed by atoms with Crippen LogP contribution in [0.5, 0.6) is 0 Å². The van der Waals surface area contributed by atoms with E-state index in [1.54, 1.807) is 13.8 Å². The summed E-state index contributed by atoms with van der Waals surface area (Å²) in [6, 6.07) is 0. The minimum absolute atomic E-state index is 0.140. The molecule has 5 heteroatoms. The van der Waals surface area contributed by atoms with Gasteiger partial charge in [-0.2, -0.15) is 0 Å². The number of aliphatic carboxylic acids is 1. The second-order valence-electron chi connectivity index (χ2n) is 7.72. The molecule has 0 amide bonds. The SMILES string of the molecule is C=C(C)C(=O)OC12CC3CCC(C(C3)C1)C(OC(C)C(=O)O)C2. The number of carbonyl (C=O) groups is 2. The summed E-state index contributed by atoms with van der Waals surface area (Å²) >= 11 is 0. The van der Waals surface area contributed by atoms with Crippen LogP contribution in [0.1, 0.15) is 52.4 Å². The van der Waals surface area contributed by atoms with Gasteiger partial charge in [0.2, 0.25) is 0 Å². The molecule has 0 radical (unpaired) electrons. The number of rotatable bonds is 5. The molecule has 0 aromatic heterocycles. The fourth-order valence-corrected chi connectivity index (χ4v) is 4.94. The van der Waals surface area contributed by atoms with E-state index >= 15 is 0 Å². The highest BCUT2D eigenvalue weighted by atomic mass is 16.6. The molecule has 3 aliphatic rings. The fourth-order valence-electron chi connectivity index (χ4n) is 4.94. The Bertz CT molecular complexity index is 524. The third-order valence-electron chi connectivity index (χ3n) is 5.88. The van der Waals surface area contributed by atoms with Crippen molar-refractivity contribution in [3.05, 3.63) is 12.2 Å². The molecule has 0 aromatic rings. The summed E-state index contributed by atoms with van der Waals surface area (Å²) in [5.74, 6) is 0.196. The highest BCUT2D eigenvalue weighted by Gasteiger charge is 2.55. The standard InChI is InChI=1S/C18H26O5/c1-10(2)17(21)23-18-7-12-4-5-14(13(6-12)8-18)15(9-18)22-11(3)16(19)20/h11-15H,1,4-9H2,2-3H3,(H,19,20).